The standard InChI is InChI=1S/C13H17F3N4O2/c1-2-3-17-12(22)9-4-11(21)20(6-9)10-5-18-19(7-10)8-13(14,15)16/h5,7,9H,2-4,6,8H2,1H3,(H,17,22). The molecule has 1 unspecified atom stereocenters. The van der Waals surface area contributed by atoms with Crippen LogP contribution in [0.1, 0.15) is 19.8 Å². The van der Waals surface area contributed by atoms with E-state index in [0.29, 0.717) is 6.54 Å². The van der Waals surface area contributed by atoms with E-state index >= 15 is 0 Å². The van der Waals surface area contributed by atoms with Gasteiger partial charge in [0.2, 0.25) is 11.8 Å². The van der Waals surface area contributed by atoms with Crippen LogP contribution >= 0.6 is 0 Å². The lowest BCUT2D eigenvalue weighted by Gasteiger charge is -2.14. The Balaban J connectivity index is 2.01. The number of halogens is 3. The fourth-order valence-corrected chi connectivity index (χ4v) is 2.29. The van der Waals surface area contributed by atoms with Crippen molar-refractivity contribution >= 4 is 17.5 Å². The Morgan fingerprint density at radius 3 is 2.86 bits per heavy atom. The lowest BCUT2D eigenvalue weighted by atomic mass is 10.1. The highest BCUT2D eigenvalue weighted by atomic mass is 19.4. The molecule has 1 saturated heterocycles. The van der Waals surface area contributed by atoms with Crippen molar-refractivity contribution in [3.63, 3.8) is 0 Å². The zero-order chi connectivity index (χ0) is 16.3. The summed E-state index contributed by atoms with van der Waals surface area (Å²) in [5, 5.41) is 6.32. The number of hydrogen-bond donors (Lipinski definition) is 1. The van der Waals surface area contributed by atoms with Gasteiger partial charge in [-0.25, -0.2) is 0 Å². The van der Waals surface area contributed by atoms with E-state index in [9.17, 15) is 22.8 Å². The van der Waals surface area contributed by atoms with E-state index in [-0.39, 0.29) is 30.5 Å². The number of nitrogens with zero attached hydrogens (tertiary/aromatic N) is 3. The fraction of sp³-hybridized carbons (Fsp3) is 0.615. The van der Waals surface area contributed by atoms with Crippen molar-refractivity contribution < 1.29 is 22.8 Å². The minimum Gasteiger partial charge on any atom is -0.356 e. The summed E-state index contributed by atoms with van der Waals surface area (Å²) in [6, 6.07) is 0. The molecular weight excluding hydrogens is 301 g/mol. The van der Waals surface area contributed by atoms with Crippen LogP contribution in [-0.2, 0) is 16.1 Å². The molecule has 1 fully saturated rings. The van der Waals surface area contributed by atoms with Crippen LogP contribution in [0.15, 0.2) is 12.4 Å². The Morgan fingerprint density at radius 2 is 2.23 bits per heavy atom. The van der Waals surface area contributed by atoms with Crippen LogP contribution in [0, 0.1) is 5.92 Å². The quantitative estimate of drug-likeness (QED) is 0.890. The first-order valence-corrected chi connectivity index (χ1v) is 6.97. The molecule has 1 aromatic rings. The first-order valence-electron chi connectivity index (χ1n) is 6.97. The van der Waals surface area contributed by atoms with E-state index in [1.807, 2.05) is 6.92 Å². The third-order valence-electron chi connectivity index (χ3n) is 3.32. The SMILES string of the molecule is CCCNC(=O)C1CC(=O)N(c2cnn(CC(F)(F)F)c2)C1. The van der Waals surface area contributed by atoms with Crippen molar-refractivity contribution in [2.75, 3.05) is 18.0 Å². The number of amides is 2. The molecule has 0 radical (unpaired) electrons. The van der Waals surface area contributed by atoms with Crippen LogP contribution in [0.25, 0.3) is 0 Å². The number of nitrogens with one attached hydrogen (secondary N) is 1. The Labute approximate surface area is 125 Å². The molecule has 2 heterocycles. The largest absolute Gasteiger partial charge is 0.408 e. The highest BCUT2D eigenvalue weighted by Crippen LogP contribution is 2.26. The van der Waals surface area contributed by atoms with Crippen LogP contribution in [-0.4, -0.2) is 40.9 Å². The van der Waals surface area contributed by atoms with Crippen LogP contribution in [0.3, 0.4) is 0 Å². The minimum atomic E-state index is -4.37. The van der Waals surface area contributed by atoms with Crippen LogP contribution in [0.4, 0.5) is 18.9 Å². The third-order valence-corrected chi connectivity index (χ3v) is 3.32. The first-order chi connectivity index (χ1) is 10.3. The maximum Gasteiger partial charge on any atom is 0.408 e. The number of rotatable bonds is 5. The number of hydrogen-bond acceptors (Lipinski definition) is 3. The highest BCUT2D eigenvalue weighted by Gasteiger charge is 2.36. The molecule has 6 nitrogen and oxygen atoms in total. The van der Waals surface area contributed by atoms with E-state index in [1.54, 1.807) is 0 Å². The molecule has 0 aromatic carbocycles. The normalized spacial score (nSPS) is 18.8. The van der Waals surface area contributed by atoms with Gasteiger partial charge in [-0.3, -0.25) is 14.3 Å². The van der Waals surface area contributed by atoms with Crippen molar-refractivity contribution in [3.8, 4) is 0 Å². The van der Waals surface area contributed by atoms with Crippen molar-refractivity contribution in [2.45, 2.75) is 32.5 Å². The average Bonchev–Trinajstić information content (AvgIpc) is 3.00. The number of anilines is 1. The zero-order valence-electron chi connectivity index (χ0n) is 12.1. The maximum absolute atomic E-state index is 12.3. The van der Waals surface area contributed by atoms with Crippen molar-refractivity contribution in [1.82, 2.24) is 15.1 Å². The van der Waals surface area contributed by atoms with Gasteiger partial charge in [-0.15, -0.1) is 0 Å². The topological polar surface area (TPSA) is 67.2 Å². The second-order valence-corrected chi connectivity index (χ2v) is 5.21. The summed E-state index contributed by atoms with van der Waals surface area (Å²) in [4.78, 5) is 25.1. The van der Waals surface area contributed by atoms with Gasteiger partial charge in [-0.2, -0.15) is 18.3 Å². The second kappa shape index (κ2) is 6.37. The average molecular weight is 318 g/mol. The minimum absolute atomic E-state index is 0.0556. The molecule has 1 aromatic heterocycles. The first kappa shape index (κ1) is 16.3. The van der Waals surface area contributed by atoms with Crippen molar-refractivity contribution in [2.24, 2.45) is 5.92 Å². The summed E-state index contributed by atoms with van der Waals surface area (Å²) in [6.07, 6.45) is -1.16. The summed E-state index contributed by atoms with van der Waals surface area (Å²) >= 11 is 0. The second-order valence-electron chi connectivity index (χ2n) is 5.21. The van der Waals surface area contributed by atoms with Gasteiger partial charge in [-0.05, 0) is 6.42 Å². The molecule has 1 N–H and O–H groups in total. The fourth-order valence-electron chi connectivity index (χ4n) is 2.29. The molecule has 1 aliphatic heterocycles. The summed E-state index contributed by atoms with van der Waals surface area (Å²) in [7, 11) is 0. The van der Waals surface area contributed by atoms with Crippen LogP contribution in [0.5, 0.6) is 0 Å². The molecular formula is C13H17F3N4O2. The molecule has 122 valence electrons. The highest BCUT2D eigenvalue weighted by molar-refractivity contribution is 6.00. The summed E-state index contributed by atoms with van der Waals surface area (Å²) < 4.78 is 37.6. The summed E-state index contributed by atoms with van der Waals surface area (Å²) in [6.45, 7) is 1.40. The molecule has 0 spiro atoms. The lowest BCUT2D eigenvalue weighted by Crippen LogP contribution is -2.33. The molecule has 1 atom stereocenters. The molecule has 0 bridgehead atoms. The number of aromatic nitrogens is 2. The molecule has 0 saturated carbocycles. The lowest BCUT2D eigenvalue weighted by molar-refractivity contribution is -0.142. The van der Waals surface area contributed by atoms with Gasteiger partial charge >= 0.3 is 6.18 Å². The summed E-state index contributed by atoms with van der Waals surface area (Å²) in [5.74, 6) is -0.978. The van der Waals surface area contributed by atoms with Crippen LogP contribution < -0.4 is 10.2 Å². The molecule has 2 amide bonds. The Bertz CT molecular complexity index is 556. The van der Waals surface area contributed by atoms with Gasteiger partial charge in [0.1, 0.15) is 6.54 Å². The Morgan fingerprint density at radius 1 is 1.50 bits per heavy atom. The van der Waals surface area contributed by atoms with Gasteiger partial charge in [0.25, 0.3) is 0 Å². The van der Waals surface area contributed by atoms with Gasteiger partial charge < -0.3 is 10.2 Å². The molecule has 22 heavy (non-hydrogen) atoms. The Kier molecular flexibility index (Phi) is 4.72. The maximum atomic E-state index is 12.3. The van der Waals surface area contributed by atoms with E-state index in [4.69, 9.17) is 0 Å². The zero-order valence-corrected chi connectivity index (χ0v) is 12.1. The number of alkyl halides is 3. The third kappa shape index (κ3) is 3.99. The van der Waals surface area contributed by atoms with Crippen molar-refractivity contribution in [1.29, 1.82) is 0 Å². The molecule has 1 aliphatic rings. The van der Waals surface area contributed by atoms with Gasteiger partial charge in [0.15, 0.2) is 0 Å². The van der Waals surface area contributed by atoms with E-state index in [1.165, 1.54) is 11.1 Å². The Hall–Kier alpha value is -2.06. The summed E-state index contributed by atoms with van der Waals surface area (Å²) in [5.41, 5.74) is 0.278. The number of carbonyl (C=O) groups excluding carboxylic acids is 2. The van der Waals surface area contributed by atoms with Gasteiger partial charge in [-0.1, -0.05) is 6.92 Å². The number of carbonyl (C=O) groups is 2. The van der Waals surface area contributed by atoms with Crippen LogP contribution in [0.2, 0.25) is 0 Å². The molecule has 2 rings (SSSR count). The predicted molar refractivity (Wildman–Crippen MR) is 72.0 cm³/mol. The smallest absolute Gasteiger partial charge is 0.356 e. The molecule has 0 aliphatic carbocycles. The van der Waals surface area contributed by atoms with E-state index < -0.39 is 18.6 Å². The van der Waals surface area contributed by atoms with Gasteiger partial charge in [0, 0.05) is 25.7 Å². The predicted octanol–water partition coefficient (Wildman–Crippen LogP) is 1.32. The van der Waals surface area contributed by atoms with E-state index in [2.05, 4.69) is 10.4 Å². The molecule has 9 heteroatoms. The van der Waals surface area contributed by atoms with Gasteiger partial charge in [0.05, 0.1) is 17.8 Å². The van der Waals surface area contributed by atoms with E-state index in [0.717, 1.165) is 17.3 Å². The monoisotopic (exact) mass is 318 g/mol. The van der Waals surface area contributed by atoms with Crippen molar-refractivity contribution in [3.05, 3.63) is 12.4 Å².